The number of hydrogen-bond donors (Lipinski definition) is 0. The Bertz CT molecular complexity index is 757. The lowest BCUT2D eigenvalue weighted by Gasteiger charge is -2.17. The highest BCUT2D eigenvalue weighted by atomic mass is 35.5. The number of halogens is 1. The minimum atomic E-state index is -0.469. The summed E-state index contributed by atoms with van der Waals surface area (Å²) in [4.78, 5) is 28.3. The first-order valence-electron chi connectivity index (χ1n) is 6.30. The molecule has 108 valence electrons. The molecule has 1 aliphatic heterocycles. The zero-order valence-electron chi connectivity index (χ0n) is 10.9. The predicted octanol–water partition coefficient (Wildman–Crippen LogP) is 1.83. The van der Waals surface area contributed by atoms with Crippen LogP contribution in [0.15, 0.2) is 35.3 Å². The minimum absolute atomic E-state index is 0.0611. The molecule has 0 fully saturated rings. The zero-order chi connectivity index (χ0) is 15.0. The SMILES string of the molecule is O=c1ccc([N+](=O)[O-])c2n1CCN2Cc1ccc(Cl)nc1. The molecule has 0 saturated heterocycles. The van der Waals surface area contributed by atoms with E-state index >= 15 is 0 Å². The van der Waals surface area contributed by atoms with Gasteiger partial charge in [0.05, 0.1) is 4.92 Å². The Morgan fingerprint density at radius 2 is 2.10 bits per heavy atom. The zero-order valence-corrected chi connectivity index (χ0v) is 11.7. The summed E-state index contributed by atoms with van der Waals surface area (Å²) in [5, 5.41) is 11.5. The Balaban J connectivity index is 1.99. The highest BCUT2D eigenvalue weighted by Crippen LogP contribution is 2.31. The number of hydrogen-bond acceptors (Lipinski definition) is 5. The molecule has 0 bridgehead atoms. The van der Waals surface area contributed by atoms with Gasteiger partial charge in [0, 0.05) is 38.0 Å². The molecule has 0 aliphatic carbocycles. The summed E-state index contributed by atoms with van der Waals surface area (Å²) in [6.45, 7) is 1.42. The first-order valence-corrected chi connectivity index (χ1v) is 6.67. The van der Waals surface area contributed by atoms with Crippen LogP contribution in [-0.2, 0) is 13.1 Å². The van der Waals surface area contributed by atoms with Crippen LogP contribution in [0.2, 0.25) is 5.15 Å². The van der Waals surface area contributed by atoms with Crippen LogP contribution in [-0.4, -0.2) is 21.0 Å². The van der Waals surface area contributed by atoms with Crippen molar-refractivity contribution in [1.82, 2.24) is 9.55 Å². The summed E-state index contributed by atoms with van der Waals surface area (Å²) in [6.07, 6.45) is 1.62. The fourth-order valence-corrected chi connectivity index (χ4v) is 2.56. The third-order valence-electron chi connectivity index (χ3n) is 3.39. The Kier molecular flexibility index (Phi) is 3.34. The van der Waals surface area contributed by atoms with E-state index in [1.807, 2.05) is 11.0 Å². The number of nitrogens with zero attached hydrogens (tertiary/aromatic N) is 4. The van der Waals surface area contributed by atoms with Crippen LogP contribution < -0.4 is 10.5 Å². The van der Waals surface area contributed by atoms with Crippen LogP contribution >= 0.6 is 11.6 Å². The normalized spacial score (nSPS) is 13.3. The fourth-order valence-electron chi connectivity index (χ4n) is 2.45. The second kappa shape index (κ2) is 5.17. The Labute approximate surface area is 124 Å². The van der Waals surface area contributed by atoms with Gasteiger partial charge in [0.1, 0.15) is 5.15 Å². The van der Waals surface area contributed by atoms with Gasteiger partial charge in [-0.15, -0.1) is 0 Å². The standard InChI is InChI=1S/C13H11ClN4O3/c14-11-3-1-9(7-15-11)8-16-5-6-17-12(19)4-2-10(13(16)17)18(20)21/h1-4,7H,5-6,8H2. The molecule has 3 heterocycles. The average Bonchev–Trinajstić information content (AvgIpc) is 2.86. The van der Waals surface area contributed by atoms with Crippen molar-refractivity contribution in [3.8, 4) is 0 Å². The molecule has 1 aliphatic rings. The van der Waals surface area contributed by atoms with E-state index in [1.165, 1.54) is 16.7 Å². The highest BCUT2D eigenvalue weighted by Gasteiger charge is 2.29. The van der Waals surface area contributed by atoms with Crippen LogP contribution in [0.25, 0.3) is 0 Å². The van der Waals surface area contributed by atoms with Crippen LogP contribution in [0, 0.1) is 10.1 Å². The number of nitro groups is 1. The third kappa shape index (κ3) is 2.47. The summed E-state index contributed by atoms with van der Waals surface area (Å²) in [5.74, 6) is 0.349. The molecule has 0 spiro atoms. The second-order valence-electron chi connectivity index (χ2n) is 4.70. The highest BCUT2D eigenvalue weighted by molar-refractivity contribution is 6.29. The maximum absolute atomic E-state index is 11.8. The molecule has 0 unspecified atom stereocenters. The molecular weight excluding hydrogens is 296 g/mol. The predicted molar refractivity (Wildman–Crippen MR) is 77.7 cm³/mol. The van der Waals surface area contributed by atoms with Gasteiger partial charge < -0.3 is 4.90 Å². The second-order valence-corrected chi connectivity index (χ2v) is 5.09. The van der Waals surface area contributed by atoms with E-state index in [0.29, 0.717) is 30.6 Å². The molecule has 0 N–H and O–H groups in total. The van der Waals surface area contributed by atoms with Crippen molar-refractivity contribution in [2.45, 2.75) is 13.1 Å². The van der Waals surface area contributed by atoms with Crippen molar-refractivity contribution in [3.05, 3.63) is 61.6 Å². The van der Waals surface area contributed by atoms with Crippen molar-refractivity contribution in [2.24, 2.45) is 0 Å². The number of aromatic nitrogens is 2. The molecule has 21 heavy (non-hydrogen) atoms. The first kappa shape index (κ1) is 13.6. The van der Waals surface area contributed by atoms with E-state index in [2.05, 4.69) is 4.98 Å². The summed E-state index contributed by atoms with van der Waals surface area (Å²) >= 11 is 5.74. The summed E-state index contributed by atoms with van der Waals surface area (Å²) < 4.78 is 1.43. The van der Waals surface area contributed by atoms with Gasteiger partial charge in [-0.25, -0.2) is 4.98 Å². The van der Waals surface area contributed by atoms with E-state index in [-0.39, 0.29) is 11.2 Å². The first-order chi connectivity index (χ1) is 10.1. The summed E-state index contributed by atoms with van der Waals surface area (Å²) in [5.41, 5.74) is 0.583. The number of rotatable bonds is 3. The van der Waals surface area contributed by atoms with Crippen LogP contribution in [0.3, 0.4) is 0 Å². The minimum Gasteiger partial charge on any atom is -0.346 e. The van der Waals surface area contributed by atoms with Gasteiger partial charge in [-0.3, -0.25) is 19.5 Å². The van der Waals surface area contributed by atoms with Gasteiger partial charge in [0.25, 0.3) is 5.56 Å². The summed E-state index contributed by atoms with van der Waals surface area (Å²) in [7, 11) is 0. The van der Waals surface area contributed by atoms with E-state index in [4.69, 9.17) is 11.6 Å². The van der Waals surface area contributed by atoms with Crippen molar-refractivity contribution in [2.75, 3.05) is 11.4 Å². The van der Waals surface area contributed by atoms with Crippen molar-refractivity contribution in [1.29, 1.82) is 0 Å². The molecule has 2 aromatic rings. The van der Waals surface area contributed by atoms with E-state index in [0.717, 1.165) is 5.56 Å². The van der Waals surface area contributed by atoms with E-state index < -0.39 is 4.92 Å². The van der Waals surface area contributed by atoms with Gasteiger partial charge in [-0.2, -0.15) is 0 Å². The fraction of sp³-hybridized carbons (Fsp3) is 0.231. The molecule has 2 aromatic heterocycles. The molecule has 7 nitrogen and oxygen atoms in total. The van der Waals surface area contributed by atoms with Gasteiger partial charge in [0.15, 0.2) is 5.82 Å². The van der Waals surface area contributed by atoms with Crippen LogP contribution in [0.5, 0.6) is 0 Å². The lowest BCUT2D eigenvalue weighted by atomic mass is 10.2. The smallest absolute Gasteiger partial charge is 0.310 e. The molecule has 8 heteroatoms. The number of anilines is 1. The van der Waals surface area contributed by atoms with Crippen molar-refractivity contribution < 1.29 is 4.92 Å². The van der Waals surface area contributed by atoms with Gasteiger partial charge >= 0.3 is 5.69 Å². The largest absolute Gasteiger partial charge is 0.346 e. The third-order valence-corrected chi connectivity index (χ3v) is 3.61. The lowest BCUT2D eigenvalue weighted by molar-refractivity contribution is -0.384. The monoisotopic (exact) mass is 306 g/mol. The Morgan fingerprint density at radius 1 is 1.29 bits per heavy atom. The van der Waals surface area contributed by atoms with E-state index in [1.54, 1.807) is 12.3 Å². The molecule has 3 rings (SSSR count). The average molecular weight is 307 g/mol. The number of pyridine rings is 2. The molecule has 0 saturated carbocycles. The quantitative estimate of drug-likeness (QED) is 0.491. The van der Waals surface area contributed by atoms with Gasteiger partial charge in [0.2, 0.25) is 0 Å². The van der Waals surface area contributed by atoms with Gasteiger partial charge in [-0.05, 0) is 11.6 Å². The number of fused-ring (bicyclic) bond motifs is 1. The van der Waals surface area contributed by atoms with Crippen molar-refractivity contribution >= 4 is 23.1 Å². The van der Waals surface area contributed by atoms with Gasteiger partial charge in [-0.1, -0.05) is 17.7 Å². The molecule has 0 amide bonds. The molecule has 0 aromatic carbocycles. The molecule has 0 radical (unpaired) electrons. The maximum atomic E-state index is 11.8. The van der Waals surface area contributed by atoms with Crippen LogP contribution in [0.4, 0.5) is 11.5 Å². The molecular formula is C13H11ClN4O3. The summed E-state index contributed by atoms with van der Waals surface area (Å²) in [6, 6.07) is 5.96. The van der Waals surface area contributed by atoms with E-state index in [9.17, 15) is 14.9 Å². The Morgan fingerprint density at radius 3 is 2.76 bits per heavy atom. The molecule has 0 atom stereocenters. The Hall–Kier alpha value is -2.41. The maximum Gasteiger partial charge on any atom is 0.310 e. The van der Waals surface area contributed by atoms with Crippen LogP contribution in [0.1, 0.15) is 5.56 Å². The topological polar surface area (TPSA) is 81.3 Å². The van der Waals surface area contributed by atoms with Crippen molar-refractivity contribution in [3.63, 3.8) is 0 Å². The lowest BCUT2D eigenvalue weighted by Crippen LogP contribution is -2.22.